The van der Waals surface area contributed by atoms with Crippen molar-refractivity contribution in [2.45, 2.75) is 46.1 Å². The molecule has 0 atom stereocenters. The number of hydrogen-bond acceptors (Lipinski definition) is 3. The van der Waals surface area contributed by atoms with Crippen molar-refractivity contribution in [3.8, 4) is 17.2 Å². The van der Waals surface area contributed by atoms with E-state index in [4.69, 9.17) is 9.47 Å². The Morgan fingerprint density at radius 3 is 2.47 bits per heavy atom. The highest BCUT2D eigenvalue weighted by atomic mass is 16.5. The Labute approximate surface area is 102 Å². The maximum absolute atomic E-state index is 10.1. The summed E-state index contributed by atoms with van der Waals surface area (Å²) in [6.45, 7) is 8.04. The van der Waals surface area contributed by atoms with Crippen LogP contribution in [0.1, 0.15) is 37.0 Å². The van der Waals surface area contributed by atoms with Crippen LogP contribution in [0.4, 0.5) is 0 Å². The predicted molar refractivity (Wildman–Crippen MR) is 67.2 cm³/mol. The number of ether oxygens (including phenoxy) is 2. The normalized spacial score (nSPS) is 17.2. The van der Waals surface area contributed by atoms with Crippen molar-refractivity contribution in [3.63, 3.8) is 0 Å². The van der Waals surface area contributed by atoms with Crippen LogP contribution in [0.3, 0.4) is 0 Å². The lowest BCUT2D eigenvalue weighted by atomic mass is 9.90. The van der Waals surface area contributed by atoms with Gasteiger partial charge in [0, 0.05) is 11.1 Å². The van der Waals surface area contributed by atoms with Gasteiger partial charge in [0.25, 0.3) is 0 Å². The second-order valence-corrected chi connectivity index (χ2v) is 5.30. The van der Waals surface area contributed by atoms with E-state index in [0.717, 1.165) is 35.3 Å². The molecule has 0 radical (unpaired) electrons. The number of aromatic hydroxyl groups is 1. The molecule has 0 aromatic heterocycles. The first-order valence-electron chi connectivity index (χ1n) is 5.95. The van der Waals surface area contributed by atoms with Gasteiger partial charge in [0.1, 0.15) is 11.4 Å². The van der Waals surface area contributed by atoms with E-state index in [9.17, 15) is 5.11 Å². The summed E-state index contributed by atoms with van der Waals surface area (Å²) in [6, 6.07) is 0. The van der Waals surface area contributed by atoms with Crippen molar-refractivity contribution in [3.05, 3.63) is 16.7 Å². The fourth-order valence-electron chi connectivity index (χ4n) is 2.33. The zero-order valence-corrected chi connectivity index (χ0v) is 11.2. The Bertz CT molecular complexity index is 461. The van der Waals surface area contributed by atoms with Crippen LogP contribution in [0, 0.1) is 13.8 Å². The Morgan fingerprint density at radius 1 is 1.24 bits per heavy atom. The molecule has 1 heterocycles. The van der Waals surface area contributed by atoms with Crippen molar-refractivity contribution >= 4 is 0 Å². The van der Waals surface area contributed by atoms with Crippen LogP contribution < -0.4 is 9.47 Å². The summed E-state index contributed by atoms with van der Waals surface area (Å²) in [7, 11) is 1.59. The fourth-order valence-corrected chi connectivity index (χ4v) is 2.33. The number of methoxy groups -OCH3 is 1. The topological polar surface area (TPSA) is 38.7 Å². The summed E-state index contributed by atoms with van der Waals surface area (Å²) in [6.07, 6.45) is 1.80. The van der Waals surface area contributed by atoms with E-state index in [-0.39, 0.29) is 11.4 Å². The largest absolute Gasteiger partial charge is 0.504 e. The van der Waals surface area contributed by atoms with Gasteiger partial charge < -0.3 is 14.6 Å². The zero-order chi connectivity index (χ0) is 12.8. The minimum Gasteiger partial charge on any atom is -0.504 e. The average Bonchev–Trinajstić information content (AvgIpc) is 2.27. The molecule has 3 nitrogen and oxygen atoms in total. The van der Waals surface area contributed by atoms with Gasteiger partial charge in [-0.05, 0) is 46.1 Å². The minimum absolute atomic E-state index is 0.147. The van der Waals surface area contributed by atoms with Gasteiger partial charge in [0.15, 0.2) is 11.5 Å². The van der Waals surface area contributed by atoms with Crippen LogP contribution in [0.15, 0.2) is 0 Å². The summed E-state index contributed by atoms with van der Waals surface area (Å²) in [5.74, 6) is 1.69. The smallest absolute Gasteiger partial charge is 0.167 e. The molecule has 1 aromatic rings. The first kappa shape index (κ1) is 12.1. The van der Waals surface area contributed by atoms with Gasteiger partial charge in [-0.1, -0.05) is 0 Å². The van der Waals surface area contributed by atoms with Gasteiger partial charge in [-0.25, -0.2) is 0 Å². The van der Waals surface area contributed by atoms with E-state index in [1.54, 1.807) is 7.11 Å². The lowest BCUT2D eigenvalue weighted by Gasteiger charge is -2.35. The molecular weight excluding hydrogens is 216 g/mol. The van der Waals surface area contributed by atoms with Crippen molar-refractivity contribution in [1.29, 1.82) is 0 Å². The molecule has 0 saturated carbocycles. The summed E-state index contributed by atoms with van der Waals surface area (Å²) >= 11 is 0. The Morgan fingerprint density at radius 2 is 1.88 bits per heavy atom. The number of rotatable bonds is 1. The molecule has 0 amide bonds. The minimum atomic E-state index is -0.147. The van der Waals surface area contributed by atoms with Gasteiger partial charge in [-0.15, -0.1) is 0 Å². The quantitative estimate of drug-likeness (QED) is 0.814. The zero-order valence-electron chi connectivity index (χ0n) is 11.2. The molecule has 94 valence electrons. The van der Waals surface area contributed by atoms with Crippen LogP contribution >= 0.6 is 0 Å². The molecule has 0 fully saturated rings. The second kappa shape index (κ2) is 3.83. The van der Waals surface area contributed by atoms with Crippen molar-refractivity contribution in [2.24, 2.45) is 0 Å². The number of benzene rings is 1. The van der Waals surface area contributed by atoms with Gasteiger partial charge in [0.05, 0.1) is 7.11 Å². The van der Waals surface area contributed by atoms with Crippen molar-refractivity contribution < 1.29 is 14.6 Å². The van der Waals surface area contributed by atoms with Gasteiger partial charge in [-0.2, -0.15) is 0 Å². The highest BCUT2D eigenvalue weighted by Crippen LogP contribution is 2.47. The molecule has 0 bridgehead atoms. The summed E-state index contributed by atoms with van der Waals surface area (Å²) in [5, 5.41) is 10.1. The summed E-state index contributed by atoms with van der Waals surface area (Å²) in [5.41, 5.74) is 2.68. The molecule has 2 rings (SSSR count). The predicted octanol–water partition coefficient (Wildman–Crippen LogP) is 3.12. The average molecular weight is 236 g/mol. The monoisotopic (exact) mass is 236 g/mol. The number of phenols is 1. The van der Waals surface area contributed by atoms with E-state index >= 15 is 0 Å². The third kappa shape index (κ3) is 1.84. The maximum Gasteiger partial charge on any atom is 0.167 e. The van der Waals surface area contributed by atoms with Crippen molar-refractivity contribution in [2.75, 3.05) is 7.11 Å². The van der Waals surface area contributed by atoms with Crippen LogP contribution in [0.25, 0.3) is 0 Å². The van der Waals surface area contributed by atoms with Gasteiger partial charge in [0.2, 0.25) is 0 Å². The number of phenolic OH excluding ortho intramolecular Hbond substituents is 1. The van der Waals surface area contributed by atoms with Crippen LogP contribution in [0.5, 0.6) is 17.2 Å². The lowest BCUT2D eigenvalue weighted by molar-refractivity contribution is 0.0822. The third-order valence-electron chi connectivity index (χ3n) is 3.58. The third-order valence-corrected chi connectivity index (χ3v) is 3.58. The Kier molecular flexibility index (Phi) is 2.72. The first-order chi connectivity index (χ1) is 7.87. The van der Waals surface area contributed by atoms with E-state index in [0.29, 0.717) is 5.75 Å². The summed E-state index contributed by atoms with van der Waals surface area (Å²) < 4.78 is 11.4. The van der Waals surface area contributed by atoms with Crippen LogP contribution in [-0.4, -0.2) is 17.8 Å². The Balaban J connectivity index is 2.66. The molecule has 1 aromatic carbocycles. The fraction of sp³-hybridized carbons (Fsp3) is 0.571. The molecule has 3 heteroatoms. The SMILES string of the molecule is COc1c(O)c(C)c(C)c2c1CCC(C)(C)O2. The molecule has 0 aliphatic carbocycles. The number of hydrogen-bond donors (Lipinski definition) is 1. The Hall–Kier alpha value is -1.38. The standard InChI is InChI=1S/C14H20O3/c1-8-9(2)12-10(13(16-5)11(8)15)6-7-14(3,4)17-12/h15H,6-7H2,1-5H3. The molecule has 0 spiro atoms. The summed E-state index contributed by atoms with van der Waals surface area (Å²) in [4.78, 5) is 0. The molecular formula is C14H20O3. The van der Waals surface area contributed by atoms with Crippen LogP contribution in [-0.2, 0) is 6.42 Å². The van der Waals surface area contributed by atoms with E-state index in [2.05, 4.69) is 13.8 Å². The lowest BCUT2D eigenvalue weighted by Crippen LogP contribution is -2.33. The van der Waals surface area contributed by atoms with Gasteiger partial charge in [-0.3, -0.25) is 0 Å². The van der Waals surface area contributed by atoms with Crippen molar-refractivity contribution in [1.82, 2.24) is 0 Å². The van der Waals surface area contributed by atoms with E-state index < -0.39 is 0 Å². The first-order valence-corrected chi connectivity index (χ1v) is 5.95. The molecule has 1 aliphatic rings. The molecule has 17 heavy (non-hydrogen) atoms. The highest BCUT2D eigenvalue weighted by Gasteiger charge is 2.32. The van der Waals surface area contributed by atoms with Crippen LogP contribution in [0.2, 0.25) is 0 Å². The van der Waals surface area contributed by atoms with Gasteiger partial charge >= 0.3 is 0 Å². The van der Waals surface area contributed by atoms with E-state index in [1.807, 2.05) is 13.8 Å². The molecule has 0 unspecified atom stereocenters. The number of fused-ring (bicyclic) bond motifs is 1. The molecule has 1 N–H and O–H groups in total. The van der Waals surface area contributed by atoms with E-state index in [1.165, 1.54) is 0 Å². The molecule has 1 aliphatic heterocycles. The highest BCUT2D eigenvalue weighted by molar-refractivity contribution is 5.62. The second-order valence-electron chi connectivity index (χ2n) is 5.30. The maximum atomic E-state index is 10.1. The molecule has 0 saturated heterocycles.